The number of piperidine rings is 1. The molecule has 1 saturated carbocycles. The van der Waals surface area contributed by atoms with Gasteiger partial charge in [-0.05, 0) is 31.2 Å². The maximum atomic E-state index is 9.76. The van der Waals surface area contributed by atoms with Crippen LogP contribution in [-0.4, -0.2) is 28.7 Å². The van der Waals surface area contributed by atoms with E-state index in [1.807, 2.05) is 0 Å². The molecule has 2 heteroatoms. The second kappa shape index (κ2) is 3.86. The van der Waals surface area contributed by atoms with Crippen molar-refractivity contribution in [1.29, 1.82) is 0 Å². The molecule has 4 atom stereocenters. The Kier molecular flexibility index (Phi) is 2.49. The van der Waals surface area contributed by atoms with Crippen molar-refractivity contribution < 1.29 is 5.11 Å². The summed E-state index contributed by atoms with van der Waals surface area (Å²) in [7, 11) is 0. The van der Waals surface area contributed by atoms with Crippen molar-refractivity contribution in [3.63, 3.8) is 0 Å². The summed E-state index contributed by atoms with van der Waals surface area (Å²) in [6.45, 7) is 3.35. The molecule has 0 amide bonds. The number of hydrogen-bond acceptors (Lipinski definition) is 2. The molecule has 1 heterocycles. The molecule has 1 N–H and O–H groups in total. The normalized spacial score (nSPS) is 35.5. The van der Waals surface area contributed by atoms with Crippen LogP contribution in [0.1, 0.15) is 31.4 Å². The van der Waals surface area contributed by atoms with Crippen LogP contribution in [0.5, 0.6) is 0 Å². The van der Waals surface area contributed by atoms with E-state index in [1.165, 1.54) is 12.0 Å². The molecule has 0 aromatic heterocycles. The number of fused-ring (bicyclic) bond motifs is 2. The zero-order valence-electron chi connectivity index (χ0n) is 9.71. The lowest BCUT2D eigenvalue weighted by molar-refractivity contribution is 0.0573. The van der Waals surface area contributed by atoms with Gasteiger partial charge >= 0.3 is 0 Å². The van der Waals surface area contributed by atoms with E-state index in [2.05, 4.69) is 42.2 Å². The quantitative estimate of drug-likeness (QED) is 0.821. The van der Waals surface area contributed by atoms with Gasteiger partial charge in [0.25, 0.3) is 0 Å². The molecule has 86 valence electrons. The average Bonchev–Trinajstić information content (AvgIpc) is 2.88. The van der Waals surface area contributed by atoms with Crippen molar-refractivity contribution in [2.75, 3.05) is 6.54 Å². The average molecular weight is 217 g/mol. The number of likely N-dealkylation sites (tertiary alicyclic amines) is 1. The molecular weight excluding hydrogens is 198 g/mol. The fourth-order valence-corrected chi connectivity index (χ4v) is 3.36. The number of aliphatic hydroxyl groups is 1. The number of hydrogen-bond donors (Lipinski definition) is 1. The maximum absolute atomic E-state index is 9.76. The molecule has 16 heavy (non-hydrogen) atoms. The van der Waals surface area contributed by atoms with Crippen molar-refractivity contribution in [2.24, 2.45) is 5.92 Å². The van der Waals surface area contributed by atoms with E-state index in [4.69, 9.17) is 0 Å². The Morgan fingerprint density at radius 1 is 1.25 bits per heavy atom. The van der Waals surface area contributed by atoms with E-state index in [0.717, 1.165) is 13.0 Å². The molecule has 3 rings (SSSR count). The summed E-state index contributed by atoms with van der Waals surface area (Å²) in [6, 6.07) is 11.8. The first kappa shape index (κ1) is 10.3. The van der Waals surface area contributed by atoms with Crippen LogP contribution in [0.3, 0.4) is 0 Å². The van der Waals surface area contributed by atoms with Gasteiger partial charge in [-0.25, -0.2) is 0 Å². The Bertz CT molecular complexity index is 362. The lowest BCUT2D eigenvalue weighted by Crippen LogP contribution is -2.39. The van der Waals surface area contributed by atoms with Crippen molar-refractivity contribution in [3.05, 3.63) is 35.9 Å². The smallest absolute Gasteiger partial charge is 0.0596 e. The summed E-state index contributed by atoms with van der Waals surface area (Å²) >= 11 is 0. The van der Waals surface area contributed by atoms with Gasteiger partial charge in [-0.15, -0.1) is 0 Å². The van der Waals surface area contributed by atoms with Crippen LogP contribution >= 0.6 is 0 Å². The Balaban J connectivity index is 1.76. The molecule has 1 aliphatic carbocycles. The Hall–Kier alpha value is -0.860. The number of nitrogens with zero attached hydrogens (tertiary/aromatic N) is 1. The Morgan fingerprint density at radius 2 is 2.00 bits per heavy atom. The van der Waals surface area contributed by atoms with Crippen molar-refractivity contribution in [2.45, 2.75) is 38.0 Å². The Morgan fingerprint density at radius 3 is 2.56 bits per heavy atom. The molecular formula is C14H19NO. The maximum Gasteiger partial charge on any atom is 0.0596 e. The monoisotopic (exact) mass is 217 g/mol. The predicted molar refractivity (Wildman–Crippen MR) is 64.1 cm³/mol. The highest BCUT2D eigenvalue weighted by atomic mass is 16.3. The zero-order valence-corrected chi connectivity index (χ0v) is 9.71. The minimum Gasteiger partial charge on any atom is -0.393 e. The second-order valence-corrected chi connectivity index (χ2v) is 5.24. The van der Waals surface area contributed by atoms with Gasteiger partial charge in [0.15, 0.2) is 0 Å². The van der Waals surface area contributed by atoms with Crippen LogP contribution in [0, 0.1) is 5.92 Å². The van der Waals surface area contributed by atoms with E-state index < -0.39 is 0 Å². The van der Waals surface area contributed by atoms with E-state index in [0.29, 0.717) is 18.0 Å². The van der Waals surface area contributed by atoms with Crippen molar-refractivity contribution in [1.82, 2.24) is 4.90 Å². The van der Waals surface area contributed by atoms with Gasteiger partial charge in [0, 0.05) is 18.6 Å². The third-order valence-corrected chi connectivity index (χ3v) is 4.33. The largest absolute Gasteiger partial charge is 0.393 e. The first-order chi connectivity index (χ1) is 7.75. The van der Waals surface area contributed by atoms with Gasteiger partial charge in [-0.2, -0.15) is 0 Å². The summed E-state index contributed by atoms with van der Waals surface area (Å²) in [4.78, 5) is 2.56. The summed E-state index contributed by atoms with van der Waals surface area (Å²) in [5.41, 5.74) is 1.39. The SMILES string of the molecule is CC(c1ccccc1)N1CC2CC1CC2O. The lowest BCUT2D eigenvalue weighted by Gasteiger charge is -2.34. The van der Waals surface area contributed by atoms with Gasteiger partial charge in [0.05, 0.1) is 6.10 Å². The van der Waals surface area contributed by atoms with Crippen LogP contribution in [0.4, 0.5) is 0 Å². The highest BCUT2D eigenvalue weighted by Gasteiger charge is 2.45. The molecule has 0 radical (unpaired) electrons. The number of aliphatic hydroxyl groups excluding tert-OH is 1. The van der Waals surface area contributed by atoms with Gasteiger partial charge in [-0.3, -0.25) is 4.90 Å². The fourth-order valence-electron chi connectivity index (χ4n) is 3.36. The summed E-state index contributed by atoms with van der Waals surface area (Å²) < 4.78 is 0. The first-order valence-electron chi connectivity index (χ1n) is 6.24. The second-order valence-electron chi connectivity index (χ2n) is 5.24. The van der Waals surface area contributed by atoms with Crippen molar-refractivity contribution in [3.8, 4) is 0 Å². The Labute approximate surface area is 96.9 Å². The molecule has 2 fully saturated rings. The summed E-state index contributed by atoms with van der Waals surface area (Å²) in [5.74, 6) is 0.524. The zero-order chi connectivity index (χ0) is 11.1. The molecule has 0 spiro atoms. The lowest BCUT2D eigenvalue weighted by atomic mass is 10.0. The topological polar surface area (TPSA) is 23.5 Å². The molecule has 2 nitrogen and oxygen atoms in total. The van der Waals surface area contributed by atoms with Gasteiger partial charge < -0.3 is 5.11 Å². The van der Waals surface area contributed by atoms with Gasteiger partial charge in [0.1, 0.15) is 0 Å². The van der Waals surface area contributed by atoms with Crippen LogP contribution in [0.15, 0.2) is 30.3 Å². The highest BCUT2D eigenvalue weighted by Crippen LogP contribution is 2.41. The van der Waals surface area contributed by atoms with Crippen LogP contribution in [0.2, 0.25) is 0 Å². The minimum atomic E-state index is -0.0378. The van der Waals surface area contributed by atoms with Crippen LogP contribution in [0.25, 0.3) is 0 Å². The molecule has 1 aromatic rings. The molecule has 1 aromatic carbocycles. The minimum absolute atomic E-state index is 0.0378. The predicted octanol–water partition coefficient (Wildman–Crippen LogP) is 2.20. The molecule has 1 aliphatic heterocycles. The molecule has 4 unspecified atom stereocenters. The summed E-state index contributed by atoms with van der Waals surface area (Å²) in [5, 5.41) is 9.76. The van der Waals surface area contributed by atoms with Gasteiger partial charge in [-0.1, -0.05) is 30.3 Å². The molecule has 2 aliphatic rings. The first-order valence-corrected chi connectivity index (χ1v) is 6.24. The van der Waals surface area contributed by atoms with E-state index in [9.17, 15) is 5.11 Å². The fraction of sp³-hybridized carbons (Fsp3) is 0.571. The van der Waals surface area contributed by atoms with Crippen molar-refractivity contribution >= 4 is 0 Å². The molecule has 1 saturated heterocycles. The summed E-state index contributed by atoms with van der Waals surface area (Å²) in [6.07, 6.45) is 2.13. The van der Waals surface area contributed by atoms with Crippen LogP contribution < -0.4 is 0 Å². The third-order valence-electron chi connectivity index (χ3n) is 4.33. The highest BCUT2D eigenvalue weighted by molar-refractivity contribution is 5.19. The van der Waals surface area contributed by atoms with E-state index >= 15 is 0 Å². The third kappa shape index (κ3) is 1.57. The standard InChI is InChI=1S/C14H19NO/c1-10(11-5-3-2-4-6-11)15-9-12-7-13(15)8-14(12)16/h2-6,10,12-14,16H,7-9H2,1H3. The van der Waals surface area contributed by atoms with Gasteiger partial charge in [0.2, 0.25) is 0 Å². The molecule has 2 bridgehead atoms. The number of benzene rings is 1. The van der Waals surface area contributed by atoms with E-state index in [1.54, 1.807) is 0 Å². The van der Waals surface area contributed by atoms with Crippen LogP contribution in [-0.2, 0) is 0 Å². The van der Waals surface area contributed by atoms with E-state index in [-0.39, 0.29) is 6.10 Å². The number of rotatable bonds is 2.